The Morgan fingerprint density at radius 2 is 1.71 bits per heavy atom. The first-order chi connectivity index (χ1) is 10.2. The van der Waals surface area contributed by atoms with E-state index in [0.717, 1.165) is 18.0 Å². The zero-order valence-electron chi connectivity index (χ0n) is 13.5. The molecule has 2 aliphatic rings. The minimum Gasteiger partial charge on any atom is -0.486 e. The molecule has 1 aliphatic heterocycles. The van der Waals surface area contributed by atoms with Gasteiger partial charge >= 0.3 is 0 Å². The van der Waals surface area contributed by atoms with E-state index >= 15 is 0 Å². The summed E-state index contributed by atoms with van der Waals surface area (Å²) in [6, 6.07) is 6.53. The van der Waals surface area contributed by atoms with E-state index in [-0.39, 0.29) is 5.41 Å². The molecule has 1 heterocycles. The standard InChI is InChI=1S/C18H27NO2/c1-4-17(5-2)11-18(12-17,13-19-3)14-6-7-15-16(10-14)21-9-8-20-15/h6-7,10,19H,4-5,8-9,11-13H2,1-3H3. The van der Waals surface area contributed by atoms with Crippen LogP contribution in [-0.2, 0) is 5.41 Å². The smallest absolute Gasteiger partial charge is 0.161 e. The summed E-state index contributed by atoms with van der Waals surface area (Å²) >= 11 is 0. The van der Waals surface area contributed by atoms with Crippen LogP contribution in [0.1, 0.15) is 45.1 Å². The number of benzene rings is 1. The molecule has 0 saturated heterocycles. The SMILES string of the molecule is CCC1(CC)CC(CNC)(c2ccc3c(c2)OCCO3)C1. The van der Waals surface area contributed by atoms with Gasteiger partial charge in [0.2, 0.25) is 0 Å². The summed E-state index contributed by atoms with van der Waals surface area (Å²) in [6.07, 6.45) is 5.10. The summed E-state index contributed by atoms with van der Waals surface area (Å²) in [6.45, 7) is 7.01. The molecule has 1 saturated carbocycles. The lowest BCUT2D eigenvalue weighted by atomic mass is 9.48. The zero-order chi connectivity index (χ0) is 14.9. The van der Waals surface area contributed by atoms with E-state index in [1.165, 1.54) is 31.2 Å². The molecule has 0 bridgehead atoms. The topological polar surface area (TPSA) is 30.5 Å². The Morgan fingerprint density at radius 3 is 2.33 bits per heavy atom. The summed E-state index contributed by atoms with van der Waals surface area (Å²) < 4.78 is 11.4. The van der Waals surface area contributed by atoms with Crippen molar-refractivity contribution in [3.05, 3.63) is 23.8 Å². The van der Waals surface area contributed by atoms with Gasteiger partial charge in [-0.25, -0.2) is 0 Å². The molecule has 1 aromatic carbocycles. The van der Waals surface area contributed by atoms with Crippen molar-refractivity contribution in [3.8, 4) is 11.5 Å². The Morgan fingerprint density at radius 1 is 1.05 bits per heavy atom. The van der Waals surface area contributed by atoms with Crippen LogP contribution in [0.3, 0.4) is 0 Å². The summed E-state index contributed by atoms with van der Waals surface area (Å²) in [5.74, 6) is 1.81. The average Bonchev–Trinajstić information content (AvgIpc) is 2.50. The molecule has 0 unspecified atom stereocenters. The predicted octanol–water partition coefficient (Wildman–Crippen LogP) is 3.52. The second-order valence-electron chi connectivity index (χ2n) is 6.73. The summed E-state index contributed by atoms with van der Waals surface area (Å²) in [5, 5.41) is 3.40. The van der Waals surface area contributed by atoms with E-state index in [9.17, 15) is 0 Å². The van der Waals surface area contributed by atoms with Crippen LogP contribution in [0.5, 0.6) is 11.5 Å². The first-order valence-corrected chi connectivity index (χ1v) is 8.22. The molecule has 0 aromatic heterocycles. The van der Waals surface area contributed by atoms with Crippen LogP contribution in [0.4, 0.5) is 0 Å². The van der Waals surface area contributed by atoms with Gasteiger partial charge in [0.25, 0.3) is 0 Å². The van der Waals surface area contributed by atoms with Crippen LogP contribution in [0, 0.1) is 5.41 Å². The third-order valence-electron chi connectivity index (χ3n) is 5.60. The largest absolute Gasteiger partial charge is 0.486 e. The minimum atomic E-state index is 0.261. The molecular weight excluding hydrogens is 262 g/mol. The van der Waals surface area contributed by atoms with E-state index in [0.29, 0.717) is 18.6 Å². The van der Waals surface area contributed by atoms with Gasteiger partial charge in [-0.1, -0.05) is 32.8 Å². The number of likely N-dealkylation sites (N-methyl/N-ethyl adjacent to an activating group) is 1. The van der Waals surface area contributed by atoms with E-state index in [1.54, 1.807) is 0 Å². The molecule has 0 amide bonds. The van der Waals surface area contributed by atoms with Crippen molar-refractivity contribution in [2.24, 2.45) is 5.41 Å². The maximum atomic E-state index is 5.77. The monoisotopic (exact) mass is 289 g/mol. The molecule has 0 radical (unpaired) electrons. The number of rotatable bonds is 5. The molecular formula is C18H27NO2. The highest BCUT2D eigenvalue weighted by Gasteiger charge is 2.52. The lowest BCUT2D eigenvalue weighted by Crippen LogP contribution is -2.54. The molecule has 0 spiro atoms. The lowest BCUT2D eigenvalue weighted by molar-refractivity contribution is 0.0137. The van der Waals surface area contributed by atoms with Gasteiger partial charge in [-0.05, 0) is 43.0 Å². The Kier molecular flexibility index (Phi) is 3.87. The van der Waals surface area contributed by atoms with Gasteiger partial charge in [0, 0.05) is 12.0 Å². The number of nitrogens with one attached hydrogen (secondary N) is 1. The van der Waals surface area contributed by atoms with Gasteiger partial charge in [0.1, 0.15) is 13.2 Å². The van der Waals surface area contributed by atoms with Gasteiger partial charge in [0.05, 0.1) is 0 Å². The number of hydrogen-bond donors (Lipinski definition) is 1. The Balaban J connectivity index is 1.89. The molecule has 21 heavy (non-hydrogen) atoms. The van der Waals surface area contributed by atoms with Crippen LogP contribution in [0.2, 0.25) is 0 Å². The zero-order valence-corrected chi connectivity index (χ0v) is 13.5. The predicted molar refractivity (Wildman–Crippen MR) is 85.3 cm³/mol. The van der Waals surface area contributed by atoms with Crippen molar-refractivity contribution in [2.75, 3.05) is 26.8 Å². The Labute approximate surface area is 128 Å². The molecule has 3 rings (SSSR count). The maximum Gasteiger partial charge on any atom is 0.161 e. The summed E-state index contributed by atoms with van der Waals surface area (Å²) in [4.78, 5) is 0. The Bertz CT molecular complexity index is 500. The van der Waals surface area contributed by atoms with E-state index < -0.39 is 0 Å². The molecule has 1 fully saturated rings. The van der Waals surface area contributed by atoms with Gasteiger partial charge in [0.15, 0.2) is 11.5 Å². The number of ether oxygens (including phenoxy) is 2. The first-order valence-electron chi connectivity index (χ1n) is 8.22. The quantitative estimate of drug-likeness (QED) is 0.899. The van der Waals surface area contributed by atoms with Crippen LogP contribution < -0.4 is 14.8 Å². The molecule has 3 nitrogen and oxygen atoms in total. The van der Waals surface area contributed by atoms with Crippen molar-refractivity contribution in [1.29, 1.82) is 0 Å². The fourth-order valence-electron chi connectivity index (χ4n) is 4.28. The van der Waals surface area contributed by atoms with Crippen molar-refractivity contribution in [3.63, 3.8) is 0 Å². The lowest BCUT2D eigenvalue weighted by Gasteiger charge is -2.57. The highest BCUT2D eigenvalue weighted by molar-refractivity contribution is 5.47. The molecule has 0 atom stereocenters. The number of fused-ring (bicyclic) bond motifs is 1. The van der Waals surface area contributed by atoms with Gasteiger partial charge in [-0.2, -0.15) is 0 Å². The molecule has 1 aliphatic carbocycles. The number of hydrogen-bond acceptors (Lipinski definition) is 3. The van der Waals surface area contributed by atoms with Gasteiger partial charge < -0.3 is 14.8 Å². The van der Waals surface area contributed by atoms with Crippen molar-refractivity contribution < 1.29 is 9.47 Å². The average molecular weight is 289 g/mol. The van der Waals surface area contributed by atoms with Gasteiger partial charge in [-0.3, -0.25) is 0 Å². The first kappa shape index (κ1) is 14.7. The van der Waals surface area contributed by atoms with Gasteiger partial charge in [-0.15, -0.1) is 0 Å². The van der Waals surface area contributed by atoms with Crippen molar-refractivity contribution >= 4 is 0 Å². The van der Waals surface area contributed by atoms with Crippen molar-refractivity contribution in [2.45, 2.75) is 44.9 Å². The van der Waals surface area contributed by atoms with Crippen molar-refractivity contribution in [1.82, 2.24) is 5.32 Å². The van der Waals surface area contributed by atoms with E-state index in [2.05, 4.69) is 44.4 Å². The molecule has 116 valence electrons. The summed E-state index contributed by atoms with van der Waals surface area (Å²) in [7, 11) is 2.05. The maximum absolute atomic E-state index is 5.77. The third kappa shape index (κ3) is 2.42. The molecule has 1 aromatic rings. The van der Waals surface area contributed by atoms with Crippen LogP contribution in [0.15, 0.2) is 18.2 Å². The Hall–Kier alpha value is -1.22. The third-order valence-corrected chi connectivity index (χ3v) is 5.60. The second-order valence-corrected chi connectivity index (χ2v) is 6.73. The van der Waals surface area contributed by atoms with Crippen LogP contribution >= 0.6 is 0 Å². The fourth-order valence-corrected chi connectivity index (χ4v) is 4.28. The highest BCUT2D eigenvalue weighted by atomic mass is 16.6. The second kappa shape index (κ2) is 5.53. The minimum absolute atomic E-state index is 0.261. The van der Waals surface area contributed by atoms with Crippen LogP contribution in [0.25, 0.3) is 0 Å². The fraction of sp³-hybridized carbons (Fsp3) is 0.667. The molecule has 3 heteroatoms. The molecule has 1 N–H and O–H groups in total. The normalized spacial score (nSPS) is 21.7. The van der Waals surface area contributed by atoms with E-state index in [1.807, 2.05) is 0 Å². The van der Waals surface area contributed by atoms with Crippen LogP contribution in [-0.4, -0.2) is 26.8 Å². The summed E-state index contributed by atoms with van der Waals surface area (Å²) in [5.41, 5.74) is 2.19. The van der Waals surface area contributed by atoms with E-state index in [4.69, 9.17) is 9.47 Å². The highest BCUT2D eigenvalue weighted by Crippen LogP contribution is 2.59.